The molecule has 1 rings (SSSR count). The average Bonchev–Trinajstić information content (AvgIpc) is 2.18. The van der Waals surface area contributed by atoms with E-state index in [4.69, 9.17) is 9.47 Å². The van der Waals surface area contributed by atoms with Crippen LogP contribution in [0.2, 0.25) is 0 Å². The van der Waals surface area contributed by atoms with E-state index in [0.29, 0.717) is 0 Å². The number of hydrogen-bond donors (Lipinski definition) is 4. The SMILES string of the molecule is CC(C)OCC1OC(O)C(O)C(O)C1O. The van der Waals surface area contributed by atoms with Crippen LogP contribution in [0, 0.1) is 0 Å². The summed E-state index contributed by atoms with van der Waals surface area (Å²) in [4.78, 5) is 0. The van der Waals surface area contributed by atoms with Gasteiger partial charge in [0.05, 0.1) is 12.7 Å². The van der Waals surface area contributed by atoms with Gasteiger partial charge in [-0.2, -0.15) is 0 Å². The Morgan fingerprint density at radius 3 is 2.20 bits per heavy atom. The number of hydrogen-bond acceptors (Lipinski definition) is 6. The molecule has 5 atom stereocenters. The van der Waals surface area contributed by atoms with E-state index in [-0.39, 0.29) is 12.7 Å². The van der Waals surface area contributed by atoms with Crippen LogP contribution in [0.15, 0.2) is 0 Å². The monoisotopic (exact) mass is 222 g/mol. The molecule has 0 aromatic rings. The molecule has 1 fully saturated rings. The largest absolute Gasteiger partial charge is 0.387 e. The van der Waals surface area contributed by atoms with Crippen molar-refractivity contribution in [2.24, 2.45) is 0 Å². The molecule has 0 radical (unpaired) electrons. The van der Waals surface area contributed by atoms with Crippen LogP contribution in [0.4, 0.5) is 0 Å². The number of aliphatic hydroxyl groups is 4. The summed E-state index contributed by atoms with van der Waals surface area (Å²) < 4.78 is 10.1. The van der Waals surface area contributed by atoms with Crippen LogP contribution in [0.25, 0.3) is 0 Å². The highest BCUT2D eigenvalue weighted by Gasteiger charge is 2.42. The fourth-order valence-electron chi connectivity index (χ4n) is 1.36. The predicted molar refractivity (Wildman–Crippen MR) is 50.0 cm³/mol. The zero-order valence-corrected chi connectivity index (χ0v) is 8.78. The smallest absolute Gasteiger partial charge is 0.184 e. The summed E-state index contributed by atoms with van der Waals surface area (Å²) in [5.41, 5.74) is 0. The van der Waals surface area contributed by atoms with Crippen molar-refractivity contribution in [1.29, 1.82) is 0 Å². The molecule has 0 spiro atoms. The molecular weight excluding hydrogens is 204 g/mol. The lowest BCUT2D eigenvalue weighted by Gasteiger charge is -2.38. The molecule has 1 heterocycles. The van der Waals surface area contributed by atoms with Gasteiger partial charge in [0.1, 0.15) is 24.4 Å². The number of ether oxygens (including phenoxy) is 2. The number of aliphatic hydroxyl groups excluding tert-OH is 4. The zero-order valence-electron chi connectivity index (χ0n) is 8.78. The Hall–Kier alpha value is -0.240. The van der Waals surface area contributed by atoms with E-state index in [0.717, 1.165) is 0 Å². The Bertz CT molecular complexity index is 197. The van der Waals surface area contributed by atoms with Gasteiger partial charge in [-0.15, -0.1) is 0 Å². The molecule has 6 heteroatoms. The molecule has 0 saturated carbocycles. The first-order chi connectivity index (χ1) is 6.93. The average molecular weight is 222 g/mol. The van der Waals surface area contributed by atoms with Gasteiger partial charge in [-0.05, 0) is 13.8 Å². The van der Waals surface area contributed by atoms with Gasteiger partial charge in [-0.1, -0.05) is 0 Å². The first kappa shape index (κ1) is 12.8. The lowest BCUT2D eigenvalue weighted by molar-refractivity contribution is -0.289. The molecule has 15 heavy (non-hydrogen) atoms. The van der Waals surface area contributed by atoms with Crippen LogP contribution in [0.3, 0.4) is 0 Å². The molecule has 0 bridgehead atoms. The summed E-state index contributed by atoms with van der Waals surface area (Å²) in [7, 11) is 0. The Labute approximate surface area is 88.1 Å². The van der Waals surface area contributed by atoms with E-state index in [1.165, 1.54) is 0 Å². The van der Waals surface area contributed by atoms with Gasteiger partial charge in [-0.25, -0.2) is 0 Å². The quantitative estimate of drug-likeness (QED) is 0.450. The minimum absolute atomic E-state index is 0.0399. The third-order valence-corrected chi connectivity index (χ3v) is 2.28. The second kappa shape index (κ2) is 5.20. The van der Waals surface area contributed by atoms with E-state index in [9.17, 15) is 20.4 Å². The molecule has 6 nitrogen and oxygen atoms in total. The highest BCUT2D eigenvalue weighted by atomic mass is 16.6. The predicted octanol–water partition coefficient (Wildman–Crippen LogP) is -1.79. The standard InChI is InChI=1S/C9H18O6/c1-4(2)14-3-5-6(10)7(11)8(12)9(13)15-5/h4-13H,3H2,1-2H3. The molecule has 1 saturated heterocycles. The topological polar surface area (TPSA) is 99.4 Å². The summed E-state index contributed by atoms with van der Waals surface area (Å²) in [5.74, 6) is 0. The van der Waals surface area contributed by atoms with Gasteiger partial charge < -0.3 is 29.9 Å². The maximum Gasteiger partial charge on any atom is 0.184 e. The molecule has 90 valence electrons. The zero-order chi connectivity index (χ0) is 11.6. The van der Waals surface area contributed by atoms with Crippen molar-refractivity contribution >= 4 is 0 Å². The highest BCUT2D eigenvalue weighted by molar-refractivity contribution is 4.88. The molecular formula is C9H18O6. The summed E-state index contributed by atoms with van der Waals surface area (Å²) >= 11 is 0. The lowest BCUT2D eigenvalue weighted by Crippen LogP contribution is -2.58. The first-order valence-corrected chi connectivity index (χ1v) is 4.92. The third kappa shape index (κ3) is 3.10. The van der Waals surface area contributed by atoms with Crippen molar-refractivity contribution < 1.29 is 29.9 Å². The molecule has 1 aliphatic heterocycles. The van der Waals surface area contributed by atoms with Crippen molar-refractivity contribution in [1.82, 2.24) is 0 Å². The minimum Gasteiger partial charge on any atom is -0.387 e. The molecule has 0 aromatic heterocycles. The van der Waals surface area contributed by atoms with Crippen molar-refractivity contribution in [3.63, 3.8) is 0 Å². The van der Waals surface area contributed by atoms with Crippen molar-refractivity contribution in [2.75, 3.05) is 6.61 Å². The Morgan fingerprint density at radius 2 is 1.67 bits per heavy atom. The van der Waals surface area contributed by atoms with E-state index in [1.807, 2.05) is 13.8 Å². The summed E-state index contributed by atoms with van der Waals surface area (Å²) in [6.07, 6.45) is -6.54. The van der Waals surface area contributed by atoms with Gasteiger partial charge in [-0.3, -0.25) is 0 Å². The first-order valence-electron chi connectivity index (χ1n) is 4.92. The lowest BCUT2D eigenvalue weighted by atomic mass is 9.99. The van der Waals surface area contributed by atoms with Crippen molar-refractivity contribution in [3.05, 3.63) is 0 Å². The maximum atomic E-state index is 9.51. The van der Waals surface area contributed by atoms with Crippen LogP contribution in [0.1, 0.15) is 13.8 Å². The van der Waals surface area contributed by atoms with E-state index in [1.54, 1.807) is 0 Å². The Balaban J connectivity index is 2.51. The maximum absolute atomic E-state index is 9.51. The number of rotatable bonds is 3. The van der Waals surface area contributed by atoms with Gasteiger partial charge in [0.15, 0.2) is 6.29 Å². The van der Waals surface area contributed by atoms with E-state index in [2.05, 4.69) is 0 Å². The summed E-state index contributed by atoms with van der Waals surface area (Å²) in [5, 5.41) is 37.3. The van der Waals surface area contributed by atoms with Gasteiger partial charge in [0.2, 0.25) is 0 Å². The highest BCUT2D eigenvalue weighted by Crippen LogP contribution is 2.20. The minimum atomic E-state index is -1.50. The Morgan fingerprint density at radius 1 is 1.07 bits per heavy atom. The van der Waals surface area contributed by atoms with Gasteiger partial charge in [0.25, 0.3) is 0 Å². The van der Waals surface area contributed by atoms with Crippen molar-refractivity contribution in [2.45, 2.75) is 50.7 Å². The van der Waals surface area contributed by atoms with Crippen LogP contribution >= 0.6 is 0 Å². The fraction of sp³-hybridized carbons (Fsp3) is 1.00. The van der Waals surface area contributed by atoms with E-state index >= 15 is 0 Å². The molecule has 5 unspecified atom stereocenters. The van der Waals surface area contributed by atoms with Crippen LogP contribution in [-0.4, -0.2) is 63.8 Å². The molecule has 1 aliphatic rings. The van der Waals surface area contributed by atoms with Crippen molar-refractivity contribution in [3.8, 4) is 0 Å². The summed E-state index contributed by atoms with van der Waals surface area (Å²) in [6, 6.07) is 0. The molecule has 0 amide bonds. The molecule has 0 aliphatic carbocycles. The molecule has 0 aromatic carbocycles. The van der Waals surface area contributed by atoms with Gasteiger partial charge >= 0.3 is 0 Å². The molecule has 4 N–H and O–H groups in total. The normalized spacial score (nSPS) is 42.2. The van der Waals surface area contributed by atoms with Gasteiger partial charge in [0, 0.05) is 0 Å². The second-order valence-corrected chi connectivity index (χ2v) is 3.92. The second-order valence-electron chi connectivity index (χ2n) is 3.92. The fourth-order valence-corrected chi connectivity index (χ4v) is 1.36. The van der Waals surface area contributed by atoms with Crippen LogP contribution in [0.5, 0.6) is 0 Å². The third-order valence-electron chi connectivity index (χ3n) is 2.28. The summed E-state index contributed by atoms with van der Waals surface area (Å²) in [6.45, 7) is 3.69. The van der Waals surface area contributed by atoms with Crippen LogP contribution < -0.4 is 0 Å². The van der Waals surface area contributed by atoms with Crippen LogP contribution in [-0.2, 0) is 9.47 Å². The van der Waals surface area contributed by atoms with E-state index < -0.39 is 30.7 Å². The Kier molecular flexibility index (Phi) is 4.45.